The first-order valence-corrected chi connectivity index (χ1v) is 10.3. The number of aryl methyl sites for hydroxylation is 1. The van der Waals surface area contributed by atoms with Gasteiger partial charge in [-0.05, 0) is 36.2 Å². The fourth-order valence-electron chi connectivity index (χ4n) is 4.52. The van der Waals surface area contributed by atoms with Crippen LogP contribution in [0.3, 0.4) is 0 Å². The van der Waals surface area contributed by atoms with Gasteiger partial charge in [0.15, 0.2) is 0 Å². The van der Waals surface area contributed by atoms with E-state index in [2.05, 4.69) is 17.6 Å². The first-order valence-electron chi connectivity index (χ1n) is 10.3. The van der Waals surface area contributed by atoms with Crippen molar-refractivity contribution in [3.8, 4) is 11.3 Å². The molecule has 0 radical (unpaired) electrons. The van der Waals surface area contributed by atoms with E-state index in [-0.39, 0.29) is 24.9 Å². The number of aliphatic hydroxyl groups is 1. The van der Waals surface area contributed by atoms with Crippen molar-refractivity contribution in [2.75, 3.05) is 6.54 Å². The number of hydrogen-bond acceptors (Lipinski definition) is 3. The third-order valence-electron chi connectivity index (χ3n) is 5.94. The molecule has 0 unspecified atom stereocenters. The van der Waals surface area contributed by atoms with E-state index in [1.165, 1.54) is 0 Å². The van der Waals surface area contributed by atoms with Crippen molar-refractivity contribution in [2.45, 2.75) is 19.6 Å². The van der Waals surface area contributed by atoms with Gasteiger partial charge in [0.05, 0.1) is 36.0 Å². The Kier molecular flexibility index (Phi) is 4.68. The van der Waals surface area contributed by atoms with Gasteiger partial charge in [-0.3, -0.25) is 14.5 Å². The lowest BCUT2D eigenvalue weighted by Crippen LogP contribution is -2.38. The number of aromatic nitrogens is 1. The molecular formula is C26H22N2O3. The molecule has 2 amide bonds. The summed E-state index contributed by atoms with van der Waals surface area (Å²) < 4.78 is 2.09. The number of carbonyl (C=O) groups is 2. The summed E-state index contributed by atoms with van der Waals surface area (Å²) in [6, 6.07) is 24.9. The average Bonchev–Trinajstić information content (AvgIpc) is 3.21. The molecule has 5 nitrogen and oxygen atoms in total. The predicted octanol–water partition coefficient (Wildman–Crippen LogP) is 4.27. The molecule has 0 aliphatic carbocycles. The minimum Gasteiger partial charge on any atom is -0.389 e. The third-order valence-corrected chi connectivity index (χ3v) is 5.94. The highest BCUT2D eigenvalue weighted by atomic mass is 16.3. The van der Waals surface area contributed by atoms with Crippen LogP contribution in [0.5, 0.6) is 0 Å². The van der Waals surface area contributed by atoms with Crippen LogP contribution in [-0.4, -0.2) is 39.0 Å². The fourth-order valence-corrected chi connectivity index (χ4v) is 4.52. The molecular weight excluding hydrogens is 388 g/mol. The summed E-state index contributed by atoms with van der Waals surface area (Å²) in [5, 5.41) is 12.1. The van der Waals surface area contributed by atoms with Crippen molar-refractivity contribution in [1.82, 2.24) is 9.47 Å². The van der Waals surface area contributed by atoms with E-state index in [9.17, 15) is 14.7 Å². The highest BCUT2D eigenvalue weighted by Crippen LogP contribution is 2.33. The predicted molar refractivity (Wildman–Crippen MR) is 120 cm³/mol. The van der Waals surface area contributed by atoms with Gasteiger partial charge in [0.1, 0.15) is 0 Å². The van der Waals surface area contributed by atoms with Gasteiger partial charge in [-0.25, -0.2) is 0 Å². The topological polar surface area (TPSA) is 62.5 Å². The van der Waals surface area contributed by atoms with E-state index in [1.807, 2.05) is 48.5 Å². The Morgan fingerprint density at radius 3 is 2.03 bits per heavy atom. The van der Waals surface area contributed by atoms with Crippen molar-refractivity contribution >= 4 is 22.7 Å². The molecule has 3 aromatic carbocycles. The zero-order valence-electron chi connectivity index (χ0n) is 17.2. The van der Waals surface area contributed by atoms with Crippen LogP contribution in [-0.2, 0) is 6.54 Å². The lowest BCUT2D eigenvalue weighted by molar-refractivity contribution is 0.0523. The van der Waals surface area contributed by atoms with Crippen molar-refractivity contribution in [3.63, 3.8) is 0 Å². The van der Waals surface area contributed by atoms with Crippen LogP contribution in [0.2, 0.25) is 0 Å². The van der Waals surface area contributed by atoms with E-state index in [0.717, 1.165) is 32.6 Å². The van der Waals surface area contributed by atoms with Crippen LogP contribution < -0.4 is 0 Å². The largest absolute Gasteiger partial charge is 0.389 e. The maximum Gasteiger partial charge on any atom is 0.261 e. The Morgan fingerprint density at radius 2 is 1.35 bits per heavy atom. The molecule has 0 fully saturated rings. The standard InChI is InChI=1S/C26H22N2O3/c1-17-20-11-7-8-14-23(20)27(24(17)18-9-3-2-4-10-18)15-19(29)16-28-25(30)21-12-5-6-13-22(21)26(28)31/h2-14,19,29H,15-16H2,1H3/t19-/m0/s1. The van der Waals surface area contributed by atoms with Crippen LogP contribution in [0, 0.1) is 6.92 Å². The minimum atomic E-state index is -0.903. The van der Waals surface area contributed by atoms with Crippen molar-refractivity contribution in [3.05, 3.63) is 95.6 Å². The van der Waals surface area contributed by atoms with Crippen molar-refractivity contribution in [2.24, 2.45) is 0 Å². The van der Waals surface area contributed by atoms with E-state index in [0.29, 0.717) is 11.1 Å². The maximum absolute atomic E-state index is 12.7. The van der Waals surface area contributed by atoms with Gasteiger partial charge in [-0.1, -0.05) is 60.7 Å². The highest BCUT2D eigenvalue weighted by Gasteiger charge is 2.36. The molecule has 2 heterocycles. The molecule has 1 aliphatic rings. The molecule has 0 spiro atoms. The molecule has 31 heavy (non-hydrogen) atoms. The fraction of sp³-hybridized carbons (Fsp3) is 0.154. The first kappa shape index (κ1) is 19.3. The number of fused-ring (bicyclic) bond motifs is 2. The molecule has 0 saturated heterocycles. The lowest BCUT2D eigenvalue weighted by Gasteiger charge is -2.21. The zero-order valence-corrected chi connectivity index (χ0v) is 17.2. The Morgan fingerprint density at radius 1 is 0.774 bits per heavy atom. The molecule has 154 valence electrons. The van der Waals surface area contributed by atoms with E-state index < -0.39 is 6.10 Å². The van der Waals surface area contributed by atoms with Gasteiger partial charge >= 0.3 is 0 Å². The number of amides is 2. The number of carbonyl (C=O) groups excluding carboxylic acids is 2. The summed E-state index contributed by atoms with van der Waals surface area (Å²) in [6.07, 6.45) is -0.903. The molecule has 0 saturated carbocycles. The summed E-state index contributed by atoms with van der Waals surface area (Å²) in [4.78, 5) is 26.5. The molecule has 1 aromatic heterocycles. The van der Waals surface area contributed by atoms with Crippen LogP contribution in [0.4, 0.5) is 0 Å². The van der Waals surface area contributed by atoms with Gasteiger partial charge in [0.2, 0.25) is 0 Å². The quantitative estimate of drug-likeness (QED) is 0.500. The van der Waals surface area contributed by atoms with E-state index in [1.54, 1.807) is 24.3 Å². The van der Waals surface area contributed by atoms with Gasteiger partial charge < -0.3 is 9.67 Å². The number of β-amino-alcohol motifs (C(OH)–C–C–N with tert-alkyl or cyclic N) is 1. The molecule has 0 bridgehead atoms. The summed E-state index contributed by atoms with van der Waals surface area (Å²) >= 11 is 0. The van der Waals surface area contributed by atoms with Gasteiger partial charge in [0, 0.05) is 10.9 Å². The highest BCUT2D eigenvalue weighted by molar-refractivity contribution is 6.21. The average molecular weight is 410 g/mol. The minimum absolute atomic E-state index is 0.0495. The number of rotatable bonds is 5. The summed E-state index contributed by atoms with van der Waals surface area (Å²) in [5.74, 6) is -0.701. The van der Waals surface area contributed by atoms with E-state index >= 15 is 0 Å². The Labute approximate surface area is 180 Å². The number of aliphatic hydroxyl groups excluding tert-OH is 1. The number of hydrogen-bond donors (Lipinski definition) is 1. The van der Waals surface area contributed by atoms with Crippen LogP contribution in [0.25, 0.3) is 22.2 Å². The van der Waals surface area contributed by atoms with Crippen molar-refractivity contribution < 1.29 is 14.7 Å². The van der Waals surface area contributed by atoms with Gasteiger partial charge in [0.25, 0.3) is 11.8 Å². The Hall–Kier alpha value is -3.70. The number of benzene rings is 3. The molecule has 4 aromatic rings. The second-order valence-electron chi connectivity index (χ2n) is 7.89. The summed E-state index contributed by atoms with van der Waals surface area (Å²) in [5.41, 5.74) is 5.03. The summed E-state index contributed by atoms with van der Waals surface area (Å²) in [7, 11) is 0. The van der Waals surface area contributed by atoms with Crippen LogP contribution in [0.1, 0.15) is 26.3 Å². The Balaban J connectivity index is 1.49. The second kappa shape index (κ2) is 7.52. The van der Waals surface area contributed by atoms with Gasteiger partial charge in [-0.15, -0.1) is 0 Å². The number of imide groups is 1. The summed E-state index contributed by atoms with van der Waals surface area (Å²) in [6.45, 7) is 2.30. The molecule has 1 N–H and O–H groups in total. The number of nitrogens with zero attached hydrogens (tertiary/aromatic N) is 2. The Bertz CT molecular complexity index is 1270. The third kappa shape index (κ3) is 3.14. The normalized spacial score (nSPS) is 14.3. The van der Waals surface area contributed by atoms with Crippen LogP contribution >= 0.6 is 0 Å². The molecule has 5 heteroatoms. The SMILES string of the molecule is Cc1c(-c2ccccc2)n(C[C@H](O)CN2C(=O)c3ccccc3C2=O)c2ccccc12. The monoisotopic (exact) mass is 410 g/mol. The maximum atomic E-state index is 12.7. The van der Waals surface area contributed by atoms with Crippen LogP contribution in [0.15, 0.2) is 78.9 Å². The smallest absolute Gasteiger partial charge is 0.261 e. The molecule has 5 rings (SSSR count). The molecule has 1 atom stereocenters. The van der Waals surface area contributed by atoms with Crippen molar-refractivity contribution in [1.29, 1.82) is 0 Å². The lowest BCUT2D eigenvalue weighted by atomic mass is 10.1. The van der Waals surface area contributed by atoms with Gasteiger partial charge in [-0.2, -0.15) is 0 Å². The zero-order chi connectivity index (χ0) is 21.5. The molecule has 1 aliphatic heterocycles. The van der Waals surface area contributed by atoms with E-state index in [4.69, 9.17) is 0 Å². The number of para-hydroxylation sites is 1. The second-order valence-corrected chi connectivity index (χ2v) is 7.89. The first-order chi connectivity index (χ1) is 15.1.